The summed E-state index contributed by atoms with van der Waals surface area (Å²) >= 11 is 0. The minimum Gasteiger partial charge on any atom is -0.490 e. The fourth-order valence-electron chi connectivity index (χ4n) is 3.25. The minimum absolute atomic E-state index is 0.0475. The molecular weight excluding hydrogens is 316 g/mol. The molecule has 0 spiro atoms. The van der Waals surface area contributed by atoms with Gasteiger partial charge in [-0.1, -0.05) is 6.07 Å². The van der Waals surface area contributed by atoms with E-state index < -0.39 is 0 Å². The number of hydrogen-bond donors (Lipinski definition) is 1. The van der Waals surface area contributed by atoms with Crippen LogP contribution in [0.15, 0.2) is 18.2 Å². The van der Waals surface area contributed by atoms with Crippen LogP contribution in [0.5, 0.6) is 11.5 Å². The van der Waals surface area contributed by atoms with Crippen molar-refractivity contribution in [2.24, 2.45) is 5.92 Å². The molecule has 1 amide bonds. The van der Waals surface area contributed by atoms with Crippen LogP contribution in [0.25, 0.3) is 0 Å². The van der Waals surface area contributed by atoms with Crippen molar-refractivity contribution in [2.45, 2.75) is 46.1 Å². The maximum atomic E-state index is 12.4. The Kier molecular flexibility index (Phi) is 7.56. The molecule has 140 valence electrons. The molecule has 5 nitrogen and oxygen atoms in total. The van der Waals surface area contributed by atoms with Crippen LogP contribution in [-0.2, 0) is 4.79 Å². The smallest absolute Gasteiger partial charge is 0.220 e. The number of amides is 1. The number of hydrogen-bond acceptors (Lipinski definition) is 4. The van der Waals surface area contributed by atoms with Crippen LogP contribution in [0.2, 0.25) is 0 Å². The van der Waals surface area contributed by atoms with Crippen LogP contribution in [0.3, 0.4) is 0 Å². The quantitative estimate of drug-likeness (QED) is 0.782. The second-order valence-electron chi connectivity index (χ2n) is 6.81. The highest BCUT2D eigenvalue weighted by molar-refractivity contribution is 5.76. The lowest BCUT2D eigenvalue weighted by molar-refractivity contribution is -0.123. The third-order valence-electron chi connectivity index (χ3n) is 4.76. The van der Waals surface area contributed by atoms with E-state index in [-0.39, 0.29) is 11.9 Å². The summed E-state index contributed by atoms with van der Waals surface area (Å²) in [6.07, 6.45) is 2.83. The maximum absolute atomic E-state index is 12.4. The molecule has 5 heteroatoms. The van der Waals surface area contributed by atoms with Gasteiger partial charge < -0.3 is 19.7 Å². The SMILES string of the molecule is CCOc1ccc([C@@H](C)NC(=O)CC2CCN(C)CC2)cc1OCC. The van der Waals surface area contributed by atoms with Gasteiger partial charge in [0, 0.05) is 6.42 Å². The predicted molar refractivity (Wildman–Crippen MR) is 100 cm³/mol. The van der Waals surface area contributed by atoms with Gasteiger partial charge >= 0.3 is 0 Å². The van der Waals surface area contributed by atoms with Gasteiger partial charge in [0.25, 0.3) is 0 Å². The molecule has 0 unspecified atom stereocenters. The highest BCUT2D eigenvalue weighted by Crippen LogP contribution is 2.31. The molecule has 0 aromatic heterocycles. The van der Waals surface area contributed by atoms with Gasteiger partial charge in [0.05, 0.1) is 19.3 Å². The summed E-state index contributed by atoms with van der Waals surface area (Å²) in [5, 5.41) is 3.13. The molecule has 1 heterocycles. The van der Waals surface area contributed by atoms with Gasteiger partial charge in [-0.25, -0.2) is 0 Å². The Balaban J connectivity index is 1.93. The standard InChI is InChI=1S/C20H32N2O3/c1-5-24-18-8-7-17(14-19(18)25-6-2)15(3)21-20(23)13-16-9-11-22(4)12-10-16/h7-8,14-16H,5-6,9-13H2,1-4H3,(H,21,23)/t15-/m1/s1. The highest BCUT2D eigenvalue weighted by Gasteiger charge is 2.21. The third-order valence-corrected chi connectivity index (χ3v) is 4.76. The lowest BCUT2D eigenvalue weighted by Crippen LogP contribution is -2.34. The molecule has 25 heavy (non-hydrogen) atoms. The average Bonchev–Trinajstić information content (AvgIpc) is 2.59. The molecule has 0 radical (unpaired) electrons. The van der Waals surface area contributed by atoms with E-state index in [1.54, 1.807) is 0 Å². The van der Waals surface area contributed by atoms with E-state index in [1.165, 1.54) is 0 Å². The molecule has 1 saturated heterocycles. The summed E-state index contributed by atoms with van der Waals surface area (Å²) in [6, 6.07) is 5.83. The van der Waals surface area contributed by atoms with Gasteiger partial charge in [-0.15, -0.1) is 0 Å². The van der Waals surface area contributed by atoms with E-state index in [4.69, 9.17) is 9.47 Å². The lowest BCUT2D eigenvalue weighted by Gasteiger charge is -2.28. The lowest BCUT2D eigenvalue weighted by atomic mass is 9.93. The average molecular weight is 348 g/mol. The Morgan fingerprint density at radius 3 is 2.48 bits per heavy atom. The molecule has 0 bridgehead atoms. The first-order chi connectivity index (χ1) is 12.0. The topological polar surface area (TPSA) is 50.8 Å². The zero-order valence-corrected chi connectivity index (χ0v) is 16.0. The Morgan fingerprint density at radius 2 is 1.84 bits per heavy atom. The number of carbonyl (C=O) groups is 1. The van der Waals surface area contributed by atoms with Crippen molar-refractivity contribution in [2.75, 3.05) is 33.4 Å². The van der Waals surface area contributed by atoms with Crippen LogP contribution >= 0.6 is 0 Å². The summed E-state index contributed by atoms with van der Waals surface area (Å²) in [6.45, 7) is 9.28. The highest BCUT2D eigenvalue weighted by atomic mass is 16.5. The van der Waals surface area contributed by atoms with Crippen LogP contribution in [0, 0.1) is 5.92 Å². The van der Waals surface area contributed by atoms with Gasteiger partial charge in [-0.3, -0.25) is 4.79 Å². The zero-order valence-electron chi connectivity index (χ0n) is 16.0. The molecule has 1 fully saturated rings. The molecule has 1 N–H and O–H groups in total. The van der Waals surface area contributed by atoms with E-state index in [0.717, 1.165) is 43.0 Å². The van der Waals surface area contributed by atoms with Crippen LogP contribution in [-0.4, -0.2) is 44.2 Å². The Morgan fingerprint density at radius 1 is 1.20 bits per heavy atom. The maximum Gasteiger partial charge on any atom is 0.220 e. The first kappa shape index (κ1) is 19.6. The zero-order chi connectivity index (χ0) is 18.2. The summed E-state index contributed by atoms with van der Waals surface area (Å²) in [7, 11) is 2.14. The Hall–Kier alpha value is -1.75. The first-order valence-electron chi connectivity index (χ1n) is 9.40. The van der Waals surface area contributed by atoms with Crippen molar-refractivity contribution >= 4 is 5.91 Å². The molecule has 1 aromatic carbocycles. The van der Waals surface area contributed by atoms with E-state index in [1.807, 2.05) is 39.0 Å². The van der Waals surface area contributed by atoms with Crippen molar-refractivity contribution in [3.8, 4) is 11.5 Å². The molecule has 1 atom stereocenters. The van der Waals surface area contributed by atoms with Gasteiger partial charge in [0.2, 0.25) is 5.91 Å². The Bertz CT molecular complexity index is 554. The normalized spacial score (nSPS) is 17.1. The second-order valence-corrected chi connectivity index (χ2v) is 6.81. The molecule has 2 rings (SSSR count). The summed E-state index contributed by atoms with van der Waals surface area (Å²) in [5.41, 5.74) is 1.03. The van der Waals surface area contributed by atoms with E-state index in [2.05, 4.69) is 17.3 Å². The van der Waals surface area contributed by atoms with Gasteiger partial charge in [-0.05, 0) is 77.4 Å². The predicted octanol–water partition coefficient (Wildman–Crippen LogP) is 3.39. The molecule has 1 aromatic rings. The van der Waals surface area contributed by atoms with Crippen molar-refractivity contribution < 1.29 is 14.3 Å². The monoisotopic (exact) mass is 348 g/mol. The molecule has 1 aliphatic rings. The second kappa shape index (κ2) is 9.66. The molecule has 0 aliphatic carbocycles. The number of nitrogens with zero attached hydrogens (tertiary/aromatic N) is 1. The minimum atomic E-state index is -0.0475. The first-order valence-corrected chi connectivity index (χ1v) is 9.40. The van der Waals surface area contributed by atoms with E-state index in [0.29, 0.717) is 25.6 Å². The number of piperidine rings is 1. The van der Waals surface area contributed by atoms with E-state index >= 15 is 0 Å². The van der Waals surface area contributed by atoms with Crippen LogP contribution < -0.4 is 14.8 Å². The Labute approximate surface area is 151 Å². The van der Waals surface area contributed by atoms with Crippen LogP contribution in [0.1, 0.15) is 51.6 Å². The van der Waals surface area contributed by atoms with E-state index in [9.17, 15) is 4.79 Å². The summed E-state index contributed by atoms with van der Waals surface area (Å²) < 4.78 is 11.3. The summed E-state index contributed by atoms with van der Waals surface area (Å²) in [5.74, 6) is 2.12. The number of ether oxygens (including phenoxy) is 2. The third kappa shape index (κ3) is 5.92. The van der Waals surface area contributed by atoms with Crippen molar-refractivity contribution in [1.82, 2.24) is 10.2 Å². The van der Waals surface area contributed by atoms with Gasteiger partial charge in [0.15, 0.2) is 11.5 Å². The molecule has 1 aliphatic heterocycles. The molecular formula is C20H32N2O3. The van der Waals surface area contributed by atoms with Gasteiger partial charge in [-0.2, -0.15) is 0 Å². The number of likely N-dealkylation sites (tertiary alicyclic amines) is 1. The number of benzene rings is 1. The summed E-state index contributed by atoms with van der Waals surface area (Å²) in [4.78, 5) is 14.7. The number of carbonyl (C=O) groups excluding carboxylic acids is 1. The van der Waals surface area contributed by atoms with Crippen molar-refractivity contribution in [1.29, 1.82) is 0 Å². The number of nitrogens with one attached hydrogen (secondary N) is 1. The largest absolute Gasteiger partial charge is 0.490 e. The fourth-order valence-corrected chi connectivity index (χ4v) is 3.25. The van der Waals surface area contributed by atoms with Crippen molar-refractivity contribution in [3.05, 3.63) is 23.8 Å². The van der Waals surface area contributed by atoms with Crippen LogP contribution in [0.4, 0.5) is 0 Å². The molecule has 0 saturated carbocycles. The number of rotatable bonds is 8. The van der Waals surface area contributed by atoms with Gasteiger partial charge in [0.1, 0.15) is 0 Å². The fraction of sp³-hybridized carbons (Fsp3) is 0.650. The van der Waals surface area contributed by atoms with Crippen molar-refractivity contribution in [3.63, 3.8) is 0 Å².